The smallest absolute Gasteiger partial charge is 0.320 e. The highest BCUT2D eigenvalue weighted by Crippen LogP contribution is 2.38. The number of esters is 1. The van der Waals surface area contributed by atoms with Crippen LogP contribution in [0.15, 0.2) is 0 Å². The minimum Gasteiger partial charge on any atom is -0.465 e. The van der Waals surface area contributed by atoms with Crippen molar-refractivity contribution in [3.05, 3.63) is 0 Å². The van der Waals surface area contributed by atoms with E-state index < -0.39 is 11.4 Å². The zero-order valence-electron chi connectivity index (χ0n) is 9.88. The summed E-state index contributed by atoms with van der Waals surface area (Å²) in [7, 11) is 0. The van der Waals surface area contributed by atoms with Gasteiger partial charge in [-0.3, -0.25) is 14.4 Å². The summed E-state index contributed by atoms with van der Waals surface area (Å²) >= 11 is 0. The van der Waals surface area contributed by atoms with E-state index >= 15 is 0 Å². The first-order valence-corrected chi connectivity index (χ1v) is 5.73. The molecular formula is C12H18O4. The molecule has 90 valence electrons. The van der Waals surface area contributed by atoms with E-state index in [1.54, 1.807) is 6.92 Å². The predicted octanol–water partition coefficient (Wildman–Crippen LogP) is 1.66. The molecule has 1 saturated carbocycles. The van der Waals surface area contributed by atoms with Crippen LogP contribution in [0.3, 0.4) is 0 Å². The van der Waals surface area contributed by atoms with Gasteiger partial charge in [0, 0.05) is 12.8 Å². The van der Waals surface area contributed by atoms with E-state index in [2.05, 4.69) is 0 Å². The molecule has 0 aromatic carbocycles. The predicted molar refractivity (Wildman–Crippen MR) is 57.8 cm³/mol. The molecule has 0 heterocycles. The molecule has 1 fully saturated rings. The van der Waals surface area contributed by atoms with Crippen LogP contribution in [0, 0.1) is 5.41 Å². The van der Waals surface area contributed by atoms with E-state index in [1.807, 2.05) is 0 Å². The van der Waals surface area contributed by atoms with Crippen molar-refractivity contribution in [1.29, 1.82) is 0 Å². The van der Waals surface area contributed by atoms with Gasteiger partial charge in [0.15, 0.2) is 5.78 Å². The lowest BCUT2D eigenvalue weighted by atomic mass is 9.70. The molecule has 1 atom stereocenters. The first-order chi connectivity index (χ1) is 7.53. The van der Waals surface area contributed by atoms with Gasteiger partial charge in [-0.2, -0.15) is 0 Å². The van der Waals surface area contributed by atoms with Gasteiger partial charge in [-0.15, -0.1) is 0 Å². The molecule has 0 spiro atoms. The average Bonchev–Trinajstić information content (AvgIpc) is 2.21. The van der Waals surface area contributed by atoms with Gasteiger partial charge in [-0.05, 0) is 26.7 Å². The largest absolute Gasteiger partial charge is 0.465 e. The van der Waals surface area contributed by atoms with Gasteiger partial charge < -0.3 is 4.74 Å². The Labute approximate surface area is 95.3 Å². The number of hydrogen-bond donors (Lipinski definition) is 0. The molecule has 0 N–H and O–H groups in total. The summed E-state index contributed by atoms with van der Waals surface area (Å²) in [6.07, 6.45) is 2.43. The minimum atomic E-state index is -1.18. The van der Waals surface area contributed by atoms with Crippen LogP contribution in [-0.4, -0.2) is 24.1 Å². The zero-order valence-corrected chi connectivity index (χ0v) is 9.88. The summed E-state index contributed by atoms with van der Waals surface area (Å²) in [6, 6.07) is 0. The topological polar surface area (TPSA) is 60.4 Å². The van der Waals surface area contributed by atoms with Gasteiger partial charge in [-0.25, -0.2) is 0 Å². The normalized spacial score (nSPS) is 25.2. The van der Waals surface area contributed by atoms with Gasteiger partial charge >= 0.3 is 5.97 Å². The Morgan fingerprint density at radius 2 is 2.06 bits per heavy atom. The second-order valence-corrected chi connectivity index (χ2v) is 4.31. The fraction of sp³-hybridized carbons (Fsp3) is 0.750. The first-order valence-electron chi connectivity index (χ1n) is 5.73. The lowest BCUT2D eigenvalue weighted by Crippen LogP contribution is -2.44. The molecule has 4 nitrogen and oxygen atoms in total. The van der Waals surface area contributed by atoms with Crippen LogP contribution in [0.1, 0.15) is 46.0 Å². The summed E-state index contributed by atoms with van der Waals surface area (Å²) in [4.78, 5) is 35.0. The van der Waals surface area contributed by atoms with Crippen molar-refractivity contribution in [2.75, 3.05) is 6.61 Å². The first kappa shape index (κ1) is 12.9. The fourth-order valence-electron chi connectivity index (χ4n) is 2.26. The zero-order chi connectivity index (χ0) is 12.2. The van der Waals surface area contributed by atoms with Gasteiger partial charge in [-0.1, -0.05) is 6.42 Å². The van der Waals surface area contributed by atoms with Crippen molar-refractivity contribution in [3.8, 4) is 0 Å². The molecule has 1 aliphatic rings. The fourth-order valence-corrected chi connectivity index (χ4v) is 2.26. The van der Waals surface area contributed by atoms with Crippen LogP contribution in [-0.2, 0) is 19.1 Å². The summed E-state index contributed by atoms with van der Waals surface area (Å²) in [5, 5.41) is 0. The minimum absolute atomic E-state index is 0.00926. The number of Topliss-reactive ketones (excluding diaryl/α,β-unsaturated/α-hetero) is 2. The highest BCUT2D eigenvalue weighted by molar-refractivity contribution is 6.07. The SMILES string of the molecule is CCOC(=O)C1(CC(C)=O)CCCCC1=O. The lowest BCUT2D eigenvalue weighted by Gasteiger charge is -2.32. The summed E-state index contributed by atoms with van der Waals surface area (Å²) in [5.74, 6) is -0.786. The number of carbonyl (C=O) groups is 3. The maximum absolute atomic E-state index is 11.9. The molecule has 0 saturated heterocycles. The molecule has 0 amide bonds. The summed E-state index contributed by atoms with van der Waals surface area (Å²) < 4.78 is 4.94. The number of ketones is 2. The van der Waals surface area contributed by atoms with Gasteiger partial charge in [0.2, 0.25) is 0 Å². The van der Waals surface area contributed by atoms with Crippen molar-refractivity contribution in [2.45, 2.75) is 46.0 Å². The van der Waals surface area contributed by atoms with Crippen LogP contribution in [0.2, 0.25) is 0 Å². The molecule has 0 radical (unpaired) electrons. The monoisotopic (exact) mass is 226 g/mol. The van der Waals surface area contributed by atoms with Crippen LogP contribution >= 0.6 is 0 Å². The van der Waals surface area contributed by atoms with E-state index in [9.17, 15) is 14.4 Å². The summed E-state index contributed by atoms with van der Waals surface area (Å²) in [6.45, 7) is 3.35. The van der Waals surface area contributed by atoms with Crippen molar-refractivity contribution < 1.29 is 19.1 Å². The molecule has 0 aliphatic heterocycles. The lowest BCUT2D eigenvalue weighted by molar-refractivity contribution is -0.164. The number of rotatable bonds is 4. The van der Waals surface area contributed by atoms with Gasteiger partial charge in [0.25, 0.3) is 0 Å². The molecule has 0 aromatic heterocycles. The van der Waals surface area contributed by atoms with Crippen LogP contribution < -0.4 is 0 Å². The van der Waals surface area contributed by atoms with Crippen LogP contribution in [0.25, 0.3) is 0 Å². The van der Waals surface area contributed by atoms with Crippen LogP contribution in [0.4, 0.5) is 0 Å². The van der Waals surface area contributed by atoms with Gasteiger partial charge in [0.1, 0.15) is 11.2 Å². The summed E-state index contributed by atoms with van der Waals surface area (Å²) in [5.41, 5.74) is -1.18. The van der Waals surface area contributed by atoms with E-state index in [0.29, 0.717) is 12.8 Å². The second-order valence-electron chi connectivity index (χ2n) is 4.31. The average molecular weight is 226 g/mol. The Hall–Kier alpha value is -1.19. The van der Waals surface area contributed by atoms with E-state index in [0.717, 1.165) is 12.8 Å². The molecule has 16 heavy (non-hydrogen) atoms. The Bertz CT molecular complexity index is 308. The third-order valence-corrected chi connectivity index (χ3v) is 3.01. The molecule has 0 aromatic rings. The maximum Gasteiger partial charge on any atom is 0.320 e. The second kappa shape index (κ2) is 5.23. The Morgan fingerprint density at radius 1 is 1.38 bits per heavy atom. The van der Waals surface area contributed by atoms with Crippen molar-refractivity contribution in [1.82, 2.24) is 0 Å². The molecule has 1 unspecified atom stereocenters. The Morgan fingerprint density at radius 3 is 2.56 bits per heavy atom. The standard InChI is InChI=1S/C12H18O4/c1-3-16-11(15)12(8-9(2)13)7-5-4-6-10(12)14/h3-8H2,1-2H3. The van der Waals surface area contributed by atoms with E-state index in [-0.39, 0.29) is 24.6 Å². The molecule has 4 heteroatoms. The number of ether oxygens (including phenoxy) is 1. The van der Waals surface area contributed by atoms with Crippen molar-refractivity contribution >= 4 is 17.5 Å². The molecule has 1 rings (SSSR count). The molecular weight excluding hydrogens is 208 g/mol. The third-order valence-electron chi connectivity index (χ3n) is 3.01. The number of carbonyl (C=O) groups excluding carboxylic acids is 3. The highest BCUT2D eigenvalue weighted by Gasteiger charge is 2.48. The quantitative estimate of drug-likeness (QED) is 0.540. The Balaban J connectivity index is 2.94. The molecule has 1 aliphatic carbocycles. The number of hydrogen-bond acceptors (Lipinski definition) is 4. The highest BCUT2D eigenvalue weighted by atomic mass is 16.5. The third kappa shape index (κ3) is 2.49. The molecule has 0 bridgehead atoms. The van der Waals surface area contributed by atoms with Crippen molar-refractivity contribution in [2.24, 2.45) is 5.41 Å². The Kier molecular flexibility index (Phi) is 4.21. The maximum atomic E-state index is 11.9. The van der Waals surface area contributed by atoms with E-state index in [1.165, 1.54) is 6.92 Å². The van der Waals surface area contributed by atoms with Crippen molar-refractivity contribution in [3.63, 3.8) is 0 Å². The van der Waals surface area contributed by atoms with E-state index in [4.69, 9.17) is 4.74 Å². The van der Waals surface area contributed by atoms with Gasteiger partial charge in [0.05, 0.1) is 6.61 Å². The van der Waals surface area contributed by atoms with Crippen LogP contribution in [0.5, 0.6) is 0 Å².